The molecule has 1 aromatic heterocycles. The molecule has 1 N–H and O–H groups in total. The smallest absolute Gasteiger partial charge is 0.303 e. The van der Waals surface area contributed by atoms with Gasteiger partial charge in [-0.2, -0.15) is 0 Å². The van der Waals surface area contributed by atoms with Crippen LogP contribution in [0.4, 0.5) is 0 Å². The van der Waals surface area contributed by atoms with E-state index in [9.17, 15) is 4.79 Å². The Morgan fingerprint density at radius 3 is 2.93 bits per heavy atom. The second kappa shape index (κ2) is 4.94. The van der Waals surface area contributed by atoms with E-state index < -0.39 is 5.97 Å². The summed E-state index contributed by atoms with van der Waals surface area (Å²) in [4.78, 5) is 10.3. The predicted molar refractivity (Wildman–Crippen MR) is 51.0 cm³/mol. The van der Waals surface area contributed by atoms with E-state index in [4.69, 9.17) is 5.11 Å². The fraction of sp³-hybridized carbons (Fsp3) is 0.714. The lowest BCUT2D eigenvalue weighted by atomic mass is 10.2. The van der Waals surface area contributed by atoms with Crippen molar-refractivity contribution in [2.24, 2.45) is 7.05 Å². The van der Waals surface area contributed by atoms with Crippen LogP contribution in [0.3, 0.4) is 0 Å². The van der Waals surface area contributed by atoms with Gasteiger partial charge in [0.05, 0.1) is 0 Å². The highest BCUT2D eigenvalue weighted by atomic mass is 32.2. The van der Waals surface area contributed by atoms with E-state index in [1.807, 2.05) is 6.92 Å². The quantitative estimate of drug-likeness (QED) is 0.724. The van der Waals surface area contributed by atoms with Gasteiger partial charge >= 0.3 is 5.97 Å². The SMILES string of the molecule is CC(CCC(=O)O)Sc1nnnn1C. The summed E-state index contributed by atoms with van der Waals surface area (Å²) in [6, 6.07) is 0. The van der Waals surface area contributed by atoms with Crippen molar-refractivity contribution in [2.45, 2.75) is 30.2 Å². The molecule has 0 fully saturated rings. The van der Waals surface area contributed by atoms with Gasteiger partial charge in [0.1, 0.15) is 0 Å². The number of hydrogen-bond donors (Lipinski definition) is 1. The zero-order chi connectivity index (χ0) is 10.6. The van der Waals surface area contributed by atoms with Crippen molar-refractivity contribution in [3.8, 4) is 0 Å². The minimum Gasteiger partial charge on any atom is -0.481 e. The highest BCUT2D eigenvalue weighted by Crippen LogP contribution is 2.22. The minimum absolute atomic E-state index is 0.180. The standard InChI is InChI=1S/C7H12N4O2S/c1-5(3-4-6(12)13)14-7-8-9-10-11(7)2/h5H,3-4H2,1-2H3,(H,12,13). The van der Waals surface area contributed by atoms with Crippen LogP contribution in [0.15, 0.2) is 5.16 Å². The zero-order valence-corrected chi connectivity index (χ0v) is 8.86. The third kappa shape index (κ3) is 3.33. The topological polar surface area (TPSA) is 80.9 Å². The number of aromatic nitrogens is 4. The fourth-order valence-electron chi connectivity index (χ4n) is 0.887. The Morgan fingerprint density at radius 1 is 1.71 bits per heavy atom. The van der Waals surface area contributed by atoms with E-state index in [1.165, 1.54) is 11.8 Å². The minimum atomic E-state index is -0.770. The summed E-state index contributed by atoms with van der Waals surface area (Å²) in [6.07, 6.45) is 0.798. The van der Waals surface area contributed by atoms with Gasteiger partial charge in [-0.3, -0.25) is 4.79 Å². The first kappa shape index (κ1) is 11.0. The lowest BCUT2D eigenvalue weighted by Gasteiger charge is -2.06. The lowest BCUT2D eigenvalue weighted by Crippen LogP contribution is -2.04. The first-order valence-corrected chi connectivity index (χ1v) is 5.08. The third-order valence-electron chi connectivity index (χ3n) is 1.65. The molecule has 0 aliphatic rings. The summed E-state index contributed by atoms with van der Waals surface area (Å²) in [7, 11) is 1.76. The molecule has 1 aromatic rings. The molecule has 0 spiro atoms. The first-order chi connectivity index (χ1) is 6.59. The first-order valence-electron chi connectivity index (χ1n) is 4.20. The van der Waals surface area contributed by atoms with E-state index >= 15 is 0 Å². The van der Waals surface area contributed by atoms with Gasteiger partial charge in [-0.15, -0.1) is 5.10 Å². The highest BCUT2D eigenvalue weighted by Gasteiger charge is 2.10. The lowest BCUT2D eigenvalue weighted by molar-refractivity contribution is -0.137. The van der Waals surface area contributed by atoms with Crippen molar-refractivity contribution >= 4 is 17.7 Å². The van der Waals surface area contributed by atoms with Gasteiger partial charge in [-0.25, -0.2) is 4.68 Å². The summed E-state index contributed by atoms with van der Waals surface area (Å²) >= 11 is 1.48. The number of carboxylic acid groups (broad SMARTS) is 1. The Morgan fingerprint density at radius 2 is 2.43 bits per heavy atom. The molecule has 0 amide bonds. The summed E-state index contributed by atoms with van der Waals surface area (Å²) in [5, 5.41) is 20.4. The van der Waals surface area contributed by atoms with Crippen LogP contribution in [0.5, 0.6) is 0 Å². The van der Waals surface area contributed by atoms with Crippen molar-refractivity contribution in [1.82, 2.24) is 20.2 Å². The molecule has 0 aromatic carbocycles. The van der Waals surface area contributed by atoms with Crippen LogP contribution in [0.1, 0.15) is 19.8 Å². The number of nitrogens with zero attached hydrogens (tertiary/aromatic N) is 4. The van der Waals surface area contributed by atoms with Gasteiger partial charge in [-0.05, 0) is 16.8 Å². The van der Waals surface area contributed by atoms with Crippen LogP contribution in [-0.4, -0.2) is 36.5 Å². The third-order valence-corrected chi connectivity index (χ3v) is 2.85. The van der Waals surface area contributed by atoms with Gasteiger partial charge < -0.3 is 5.11 Å². The Hall–Kier alpha value is -1.11. The maximum atomic E-state index is 10.3. The second-order valence-electron chi connectivity index (χ2n) is 2.95. The summed E-state index contributed by atoms with van der Waals surface area (Å²) in [6.45, 7) is 1.96. The largest absolute Gasteiger partial charge is 0.481 e. The summed E-state index contributed by atoms with van der Waals surface area (Å²) < 4.78 is 1.57. The summed E-state index contributed by atoms with van der Waals surface area (Å²) in [5.41, 5.74) is 0. The number of rotatable bonds is 5. The molecule has 0 aliphatic heterocycles. The van der Waals surface area contributed by atoms with Crippen LogP contribution < -0.4 is 0 Å². The predicted octanol–water partition coefficient (Wildman–Crippen LogP) is 0.555. The molecule has 7 heteroatoms. The molecular formula is C7H12N4O2S. The Balaban J connectivity index is 2.37. The molecule has 1 heterocycles. The zero-order valence-electron chi connectivity index (χ0n) is 8.04. The number of tetrazole rings is 1. The average Bonchev–Trinajstić information content (AvgIpc) is 2.49. The Labute approximate surface area is 85.7 Å². The molecule has 78 valence electrons. The molecule has 0 saturated heterocycles. The fourth-order valence-corrected chi connectivity index (χ4v) is 1.76. The van der Waals surface area contributed by atoms with Crippen LogP contribution in [0.2, 0.25) is 0 Å². The maximum Gasteiger partial charge on any atom is 0.303 e. The van der Waals surface area contributed by atoms with Gasteiger partial charge in [0.2, 0.25) is 5.16 Å². The van der Waals surface area contributed by atoms with Crippen LogP contribution in [0, 0.1) is 0 Å². The van der Waals surface area contributed by atoms with Crippen LogP contribution in [-0.2, 0) is 11.8 Å². The molecule has 1 rings (SSSR count). The van der Waals surface area contributed by atoms with E-state index in [-0.39, 0.29) is 11.7 Å². The summed E-state index contributed by atoms with van der Waals surface area (Å²) in [5.74, 6) is -0.770. The number of carbonyl (C=O) groups is 1. The van der Waals surface area contributed by atoms with Crippen molar-refractivity contribution in [3.63, 3.8) is 0 Å². The number of aryl methyl sites for hydroxylation is 1. The Bertz CT molecular complexity index is 314. The molecule has 0 bridgehead atoms. The van der Waals surface area contributed by atoms with E-state index in [0.29, 0.717) is 11.6 Å². The van der Waals surface area contributed by atoms with Gasteiger partial charge in [0, 0.05) is 18.7 Å². The van der Waals surface area contributed by atoms with Crippen LogP contribution in [0.25, 0.3) is 0 Å². The van der Waals surface area contributed by atoms with E-state index in [2.05, 4.69) is 15.5 Å². The van der Waals surface area contributed by atoms with Gasteiger partial charge in [0.15, 0.2) is 0 Å². The molecule has 1 atom stereocenters. The van der Waals surface area contributed by atoms with Crippen molar-refractivity contribution in [2.75, 3.05) is 0 Å². The molecule has 6 nitrogen and oxygen atoms in total. The highest BCUT2D eigenvalue weighted by molar-refractivity contribution is 7.99. The molecule has 0 saturated carbocycles. The van der Waals surface area contributed by atoms with Crippen molar-refractivity contribution < 1.29 is 9.90 Å². The van der Waals surface area contributed by atoms with Crippen LogP contribution >= 0.6 is 11.8 Å². The van der Waals surface area contributed by atoms with Crippen molar-refractivity contribution in [1.29, 1.82) is 0 Å². The second-order valence-corrected chi connectivity index (χ2v) is 4.35. The monoisotopic (exact) mass is 216 g/mol. The number of aliphatic carboxylic acids is 1. The maximum absolute atomic E-state index is 10.3. The van der Waals surface area contributed by atoms with Crippen molar-refractivity contribution in [3.05, 3.63) is 0 Å². The van der Waals surface area contributed by atoms with Gasteiger partial charge in [0.25, 0.3) is 0 Å². The average molecular weight is 216 g/mol. The molecule has 0 aliphatic carbocycles. The number of carboxylic acids is 1. The number of thioether (sulfide) groups is 1. The molecule has 1 unspecified atom stereocenters. The molecular weight excluding hydrogens is 204 g/mol. The van der Waals surface area contributed by atoms with E-state index in [1.54, 1.807) is 11.7 Å². The van der Waals surface area contributed by atoms with Gasteiger partial charge in [-0.1, -0.05) is 18.7 Å². The number of hydrogen-bond acceptors (Lipinski definition) is 5. The Kier molecular flexibility index (Phi) is 3.87. The molecule has 0 radical (unpaired) electrons. The van der Waals surface area contributed by atoms with E-state index in [0.717, 1.165) is 0 Å². The molecule has 14 heavy (non-hydrogen) atoms. The normalized spacial score (nSPS) is 12.7.